The Bertz CT molecular complexity index is 1070. The number of anilines is 1. The van der Waals surface area contributed by atoms with Gasteiger partial charge in [-0.1, -0.05) is 19.1 Å². The molecule has 1 aromatic heterocycles. The largest absolute Gasteiger partial charge is 0.497 e. The zero-order valence-electron chi connectivity index (χ0n) is 17.8. The molecule has 0 aliphatic carbocycles. The van der Waals surface area contributed by atoms with Gasteiger partial charge in [0.25, 0.3) is 5.91 Å². The molecule has 7 heteroatoms. The van der Waals surface area contributed by atoms with E-state index in [1.807, 2.05) is 54.1 Å². The van der Waals surface area contributed by atoms with Gasteiger partial charge in [-0.15, -0.1) is 0 Å². The first kappa shape index (κ1) is 20.7. The van der Waals surface area contributed by atoms with Crippen LogP contribution in [0.5, 0.6) is 5.75 Å². The van der Waals surface area contributed by atoms with Crippen molar-refractivity contribution >= 4 is 17.6 Å². The quantitative estimate of drug-likeness (QED) is 0.636. The number of ether oxygens (including phenoxy) is 1. The summed E-state index contributed by atoms with van der Waals surface area (Å²) in [5.41, 5.74) is 3.37. The van der Waals surface area contributed by atoms with Crippen molar-refractivity contribution in [2.24, 2.45) is 0 Å². The van der Waals surface area contributed by atoms with Crippen molar-refractivity contribution in [1.29, 1.82) is 0 Å². The summed E-state index contributed by atoms with van der Waals surface area (Å²) < 4.78 is 7.11. The molecule has 0 saturated heterocycles. The number of benzene rings is 2. The number of amides is 2. The van der Waals surface area contributed by atoms with Crippen LogP contribution in [0.4, 0.5) is 5.82 Å². The van der Waals surface area contributed by atoms with Gasteiger partial charge in [0.1, 0.15) is 11.6 Å². The molecule has 4 rings (SSSR count). The SMILES string of the molecule is CCCNC(=O)c1ccc(CN2C(=O)CCn3nc(-c4ccc(OC)cc4)cc32)cc1. The third kappa shape index (κ3) is 4.45. The predicted octanol–water partition coefficient (Wildman–Crippen LogP) is 3.64. The van der Waals surface area contributed by atoms with E-state index in [4.69, 9.17) is 9.84 Å². The van der Waals surface area contributed by atoms with Crippen molar-refractivity contribution in [1.82, 2.24) is 15.1 Å². The number of aromatic nitrogens is 2. The van der Waals surface area contributed by atoms with Gasteiger partial charge in [0, 0.05) is 30.2 Å². The Labute approximate surface area is 181 Å². The maximum atomic E-state index is 12.7. The molecule has 2 heterocycles. The van der Waals surface area contributed by atoms with Crippen LogP contribution in [0, 0.1) is 0 Å². The summed E-state index contributed by atoms with van der Waals surface area (Å²) in [6, 6.07) is 17.1. The second kappa shape index (κ2) is 9.04. The fourth-order valence-corrected chi connectivity index (χ4v) is 3.61. The summed E-state index contributed by atoms with van der Waals surface area (Å²) in [5, 5.41) is 7.57. The number of hydrogen-bond donors (Lipinski definition) is 1. The maximum Gasteiger partial charge on any atom is 0.251 e. The number of carbonyl (C=O) groups is 2. The first-order chi connectivity index (χ1) is 15.1. The summed E-state index contributed by atoms with van der Waals surface area (Å²) in [5.74, 6) is 1.56. The Morgan fingerprint density at radius 1 is 1.13 bits per heavy atom. The summed E-state index contributed by atoms with van der Waals surface area (Å²) in [7, 11) is 1.64. The van der Waals surface area contributed by atoms with E-state index >= 15 is 0 Å². The lowest BCUT2D eigenvalue weighted by molar-refractivity contribution is -0.119. The third-order valence-electron chi connectivity index (χ3n) is 5.35. The van der Waals surface area contributed by atoms with E-state index in [2.05, 4.69) is 5.32 Å². The molecule has 0 bridgehead atoms. The summed E-state index contributed by atoms with van der Waals surface area (Å²) >= 11 is 0. The number of rotatable bonds is 7. The number of aryl methyl sites for hydroxylation is 1. The van der Waals surface area contributed by atoms with Gasteiger partial charge in [0.2, 0.25) is 5.91 Å². The minimum atomic E-state index is -0.0790. The van der Waals surface area contributed by atoms with Crippen LogP contribution in [0.15, 0.2) is 54.6 Å². The van der Waals surface area contributed by atoms with Crippen LogP contribution < -0.4 is 15.0 Å². The minimum absolute atomic E-state index is 0.0680. The molecule has 0 atom stereocenters. The second-order valence-electron chi connectivity index (χ2n) is 7.52. The molecule has 1 aliphatic rings. The molecule has 2 aromatic carbocycles. The lowest BCUT2D eigenvalue weighted by Crippen LogP contribution is -2.36. The van der Waals surface area contributed by atoms with E-state index in [0.717, 1.165) is 34.8 Å². The Kier molecular flexibility index (Phi) is 6.02. The normalized spacial score (nSPS) is 13.1. The fourth-order valence-electron chi connectivity index (χ4n) is 3.61. The first-order valence-corrected chi connectivity index (χ1v) is 10.5. The number of hydrogen-bond acceptors (Lipinski definition) is 4. The van der Waals surface area contributed by atoms with Crippen molar-refractivity contribution in [2.75, 3.05) is 18.6 Å². The average molecular weight is 418 g/mol. The van der Waals surface area contributed by atoms with Gasteiger partial charge in [0.05, 0.1) is 25.9 Å². The number of fused-ring (bicyclic) bond motifs is 1. The molecule has 0 unspecified atom stereocenters. The van der Waals surface area contributed by atoms with Crippen LogP contribution in [-0.4, -0.2) is 35.2 Å². The van der Waals surface area contributed by atoms with Crippen molar-refractivity contribution in [3.8, 4) is 17.0 Å². The Morgan fingerprint density at radius 3 is 2.55 bits per heavy atom. The van der Waals surface area contributed by atoms with Gasteiger partial charge in [-0.05, 0) is 48.4 Å². The topological polar surface area (TPSA) is 76.5 Å². The molecule has 7 nitrogen and oxygen atoms in total. The Morgan fingerprint density at radius 2 is 1.87 bits per heavy atom. The molecule has 2 amide bonds. The summed E-state index contributed by atoms with van der Waals surface area (Å²) in [6.45, 7) is 3.67. The summed E-state index contributed by atoms with van der Waals surface area (Å²) in [4.78, 5) is 26.6. The fraction of sp³-hybridized carbons (Fsp3) is 0.292. The van der Waals surface area contributed by atoms with Gasteiger partial charge < -0.3 is 10.1 Å². The highest BCUT2D eigenvalue weighted by Gasteiger charge is 2.26. The minimum Gasteiger partial charge on any atom is -0.497 e. The lowest BCUT2D eigenvalue weighted by atomic mass is 10.1. The zero-order valence-corrected chi connectivity index (χ0v) is 17.8. The van der Waals surface area contributed by atoms with Crippen LogP contribution in [0.1, 0.15) is 35.7 Å². The molecule has 0 fully saturated rings. The lowest BCUT2D eigenvalue weighted by Gasteiger charge is -2.27. The first-order valence-electron chi connectivity index (χ1n) is 10.5. The maximum absolute atomic E-state index is 12.7. The molecule has 1 N–H and O–H groups in total. The van der Waals surface area contributed by atoms with Crippen LogP contribution in [0.3, 0.4) is 0 Å². The van der Waals surface area contributed by atoms with Crippen LogP contribution in [-0.2, 0) is 17.9 Å². The van der Waals surface area contributed by atoms with Crippen LogP contribution in [0.2, 0.25) is 0 Å². The van der Waals surface area contributed by atoms with Crippen molar-refractivity contribution in [3.63, 3.8) is 0 Å². The van der Waals surface area contributed by atoms with E-state index in [0.29, 0.717) is 31.6 Å². The van der Waals surface area contributed by atoms with Gasteiger partial charge in [-0.3, -0.25) is 14.5 Å². The molecule has 1 aliphatic heterocycles. The molecule has 0 spiro atoms. The van der Waals surface area contributed by atoms with Gasteiger partial charge in [-0.2, -0.15) is 5.10 Å². The standard InChI is InChI=1S/C24H26N4O3/c1-3-13-25-24(30)19-6-4-17(5-7-19)16-27-22-15-21(26-28(22)14-12-23(27)29)18-8-10-20(31-2)11-9-18/h4-11,15H,3,12-14,16H2,1-2H3,(H,25,30). The van der Waals surface area contributed by atoms with Crippen molar-refractivity contribution < 1.29 is 14.3 Å². The number of carbonyl (C=O) groups excluding carboxylic acids is 2. The molecular weight excluding hydrogens is 392 g/mol. The molecule has 160 valence electrons. The average Bonchev–Trinajstić information content (AvgIpc) is 3.24. The molecule has 31 heavy (non-hydrogen) atoms. The smallest absolute Gasteiger partial charge is 0.251 e. The van der Waals surface area contributed by atoms with Crippen LogP contribution >= 0.6 is 0 Å². The number of methoxy groups -OCH3 is 1. The predicted molar refractivity (Wildman–Crippen MR) is 119 cm³/mol. The summed E-state index contributed by atoms with van der Waals surface area (Å²) in [6.07, 6.45) is 1.31. The molecular formula is C24H26N4O3. The highest BCUT2D eigenvalue weighted by molar-refractivity contribution is 5.95. The van der Waals surface area contributed by atoms with Gasteiger partial charge in [-0.25, -0.2) is 4.68 Å². The second-order valence-corrected chi connectivity index (χ2v) is 7.52. The van der Waals surface area contributed by atoms with E-state index in [1.165, 1.54) is 0 Å². The van der Waals surface area contributed by atoms with Crippen molar-refractivity contribution in [3.05, 3.63) is 65.7 Å². The zero-order chi connectivity index (χ0) is 21.8. The Balaban J connectivity index is 1.54. The van der Waals surface area contributed by atoms with Crippen LogP contribution in [0.25, 0.3) is 11.3 Å². The monoisotopic (exact) mass is 418 g/mol. The van der Waals surface area contributed by atoms with Gasteiger partial charge in [0.15, 0.2) is 0 Å². The van der Waals surface area contributed by atoms with E-state index in [-0.39, 0.29) is 11.8 Å². The van der Waals surface area contributed by atoms with E-state index < -0.39 is 0 Å². The van der Waals surface area contributed by atoms with Crippen molar-refractivity contribution in [2.45, 2.75) is 32.9 Å². The number of nitrogens with zero attached hydrogens (tertiary/aromatic N) is 3. The molecule has 3 aromatic rings. The third-order valence-corrected chi connectivity index (χ3v) is 5.35. The molecule has 0 radical (unpaired) electrons. The van der Waals surface area contributed by atoms with Gasteiger partial charge >= 0.3 is 0 Å². The number of nitrogens with one attached hydrogen (secondary N) is 1. The molecule has 0 saturated carbocycles. The highest BCUT2D eigenvalue weighted by atomic mass is 16.5. The highest BCUT2D eigenvalue weighted by Crippen LogP contribution is 2.30. The van der Waals surface area contributed by atoms with E-state index in [1.54, 1.807) is 24.1 Å². The van der Waals surface area contributed by atoms with E-state index in [9.17, 15) is 9.59 Å². The Hall–Kier alpha value is -3.61.